The number of esters is 3. The number of fused-ring (bicyclic) bond motifs is 5. The van der Waals surface area contributed by atoms with Crippen molar-refractivity contribution in [3.8, 4) is 0 Å². The van der Waals surface area contributed by atoms with Crippen molar-refractivity contribution in [3.63, 3.8) is 0 Å². The molecule has 0 aromatic heterocycles. The van der Waals surface area contributed by atoms with Crippen molar-refractivity contribution in [1.29, 1.82) is 0 Å². The molecule has 4 aliphatic carbocycles. The molecule has 0 N–H and O–H groups in total. The SMILES string of the molecule is CC(=O)O[C@H]1CC[C@]2(C)[C@@H]1[C@@H]1C[C@H](OC(C)=O)[C@H]3CC(=O)CC[C@]3(C)[C@H]1C[C@@H]2OC(C)=O. The predicted octanol–water partition coefficient (Wildman–Crippen LogP) is 3.61. The highest BCUT2D eigenvalue weighted by atomic mass is 16.6. The molecule has 0 saturated heterocycles. The molecule has 0 aliphatic heterocycles. The molecule has 0 radical (unpaired) electrons. The molecular weight excluding hydrogens is 412 g/mol. The molecule has 0 bridgehead atoms. The Morgan fingerprint density at radius 1 is 0.812 bits per heavy atom. The standard InChI is InChI=1S/C25H36O7/c1-13(26)30-20-7-9-25(5)22(32-15(3)28)12-18-17(23(20)25)11-21(31-14(2)27)19-10-16(29)6-8-24(18,19)4/h17-23H,6-12H2,1-5H3/t17-,18+,19-,20+,21+,22+,23-,24-,25+/m1/s1. The number of ether oxygens (including phenoxy) is 3. The average Bonchev–Trinajstić information content (AvgIpc) is 3.00. The number of carbonyl (C=O) groups is 4. The van der Waals surface area contributed by atoms with Gasteiger partial charge >= 0.3 is 17.9 Å². The van der Waals surface area contributed by atoms with Gasteiger partial charge in [0.1, 0.15) is 24.1 Å². The van der Waals surface area contributed by atoms with Crippen LogP contribution in [0, 0.1) is 34.5 Å². The first-order chi connectivity index (χ1) is 15.0. The van der Waals surface area contributed by atoms with Crippen LogP contribution in [0.4, 0.5) is 0 Å². The Morgan fingerprint density at radius 2 is 1.44 bits per heavy atom. The summed E-state index contributed by atoms with van der Waals surface area (Å²) < 4.78 is 17.6. The van der Waals surface area contributed by atoms with E-state index in [-0.39, 0.29) is 76.5 Å². The summed E-state index contributed by atoms with van der Waals surface area (Å²) in [6, 6.07) is 0. The molecule has 0 spiro atoms. The minimum absolute atomic E-state index is 0.0166. The van der Waals surface area contributed by atoms with Crippen LogP contribution in [-0.2, 0) is 33.4 Å². The summed E-state index contributed by atoms with van der Waals surface area (Å²) in [5.74, 6) is -0.355. The number of hydrogen-bond acceptors (Lipinski definition) is 7. The number of hydrogen-bond donors (Lipinski definition) is 0. The van der Waals surface area contributed by atoms with Gasteiger partial charge in [-0.3, -0.25) is 19.2 Å². The molecular formula is C25H36O7. The van der Waals surface area contributed by atoms with E-state index in [1.165, 1.54) is 20.8 Å². The van der Waals surface area contributed by atoms with Gasteiger partial charge in [0.2, 0.25) is 0 Å². The fraction of sp³-hybridized carbons (Fsp3) is 0.840. The van der Waals surface area contributed by atoms with Gasteiger partial charge in [-0.2, -0.15) is 0 Å². The second kappa shape index (κ2) is 8.14. The lowest BCUT2D eigenvalue weighted by Crippen LogP contribution is -2.62. The van der Waals surface area contributed by atoms with Crippen LogP contribution < -0.4 is 0 Å². The summed E-state index contributed by atoms with van der Waals surface area (Å²) in [6.07, 6.45) is 3.80. The van der Waals surface area contributed by atoms with Gasteiger partial charge in [-0.25, -0.2) is 0 Å². The van der Waals surface area contributed by atoms with Crippen molar-refractivity contribution in [3.05, 3.63) is 0 Å². The maximum atomic E-state index is 12.4. The lowest BCUT2D eigenvalue weighted by molar-refractivity contribution is -0.216. The number of carbonyl (C=O) groups excluding carboxylic acids is 4. The quantitative estimate of drug-likeness (QED) is 0.481. The highest BCUT2D eigenvalue weighted by Gasteiger charge is 2.67. The molecule has 0 aromatic rings. The highest BCUT2D eigenvalue weighted by Crippen LogP contribution is 2.67. The third kappa shape index (κ3) is 3.75. The smallest absolute Gasteiger partial charge is 0.302 e. The minimum Gasteiger partial charge on any atom is -0.462 e. The number of Topliss-reactive ketones (excluding diaryl/α,β-unsaturated/α-hetero) is 1. The molecule has 32 heavy (non-hydrogen) atoms. The van der Waals surface area contributed by atoms with E-state index in [0.29, 0.717) is 19.3 Å². The molecule has 0 heterocycles. The van der Waals surface area contributed by atoms with Crippen molar-refractivity contribution in [2.24, 2.45) is 34.5 Å². The lowest BCUT2D eigenvalue weighted by Gasteiger charge is -2.62. The summed E-state index contributed by atoms with van der Waals surface area (Å²) in [7, 11) is 0. The van der Waals surface area contributed by atoms with Gasteiger partial charge in [0.05, 0.1) is 0 Å². The minimum atomic E-state index is -0.326. The number of rotatable bonds is 3. The largest absolute Gasteiger partial charge is 0.462 e. The van der Waals surface area contributed by atoms with E-state index in [9.17, 15) is 19.2 Å². The molecule has 7 nitrogen and oxygen atoms in total. The first-order valence-corrected chi connectivity index (χ1v) is 12.0. The molecule has 0 amide bonds. The first-order valence-electron chi connectivity index (χ1n) is 12.0. The monoisotopic (exact) mass is 448 g/mol. The Hall–Kier alpha value is -1.92. The summed E-state index contributed by atoms with van der Waals surface area (Å²) >= 11 is 0. The van der Waals surface area contributed by atoms with E-state index < -0.39 is 0 Å². The molecule has 4 saturated carbocycles. The van der Waals surface area contributed by atoms with Crippen LogP contribution in [0.15, 0.2) is 0 Å². The van der Waals surface area contributed by atoms with E-state index in [4.69, 9.17) is 14.2 Å². The molecule has 7 heteroatoms. The van der Waals surface area contributed by atoms with E-state index in [1.54, 1.807) is 0 Å². The van der Waals surface area contributed by atoms with Gasteiger partial charge in [0, 0.05) is 50.9 Å². The van der Waals surface area contributed by atoms with E-state index in [1.807, 2.05) is 0 Å². The summed E-state index contributed by atoms with van der Waals surface area (Å²) in [5.41, 5.74) is -0.512. The Morgan fingerprint density at radius 3 is 2.06 bits per heavy atom. The van der Waals surface area contributed by atoms with Crippen molar-refractivity contribution < 1.29 is 33.4 Å². The second-order valence-electron chi connectivity index (χ2n) is 11.1. The summed E-state index contributed by atoms with van der Waals surface area (Å²) in [6.45, 7) is 8.69. The van der Waals surface area contributed by atoms with Crippen molar-refractivity contribution in [2.45, 2.75) is 97.9 Å². The second-order valence-corrected chi connectivity index (χ2v) is 11.1. The van der Waals surface area contributed by atoms with Gasteiger partial charge in [-0.15, -0.1) is 0 Å². The molecule has 4 fully saturated rings. The van der Waals surface area contributed by atoms with Crippen LogP contribution in [0.3, 0.4) is 0 Å². The van der Waals surface area contributed by atoms with Crippen LogP contribution in [0.5, 0.6) is 0 Å². The molecule has 0 unspecified atom stereocenters. The zero-order valence-electron chi connectivity index (χ0n) is 19.8. The molecule has 0 aromatic carbocycles. The average molecular weight is 449 g/mol. The Balaban J connectivity index is 1.77. The molecule has 178 valence electrons. The van der Waals surface area contributed by atoms with E-state index >= 15 is 0 Å². The third-order valence-corrected chi connectivity index (χ3v) is 9.29. The van der Waals surface area contributed by atoms with Gasteiger partial charge in [0.15, 0.2) is 0 Å². The van der Waals surface area contributed by atoms with Crippen molar-refractivity contribution in [2.75, 3.05) is 0 Å². The maximum absolute atomic E-state index is 12.4. The van der Waals surface area contributed by atoms with Crippen LogP contribution in [-0.4, -0.2) is 42.0 Å². The molecule has 9 atom stereocenters. The highest BCUT2D eigenvalue weighted by molar-refractivity contribution is 5.80. The van der Waals surface area contributed by atoms with Crippen LogP contribution in [0.25, 0.3) is 0 Å². The summed E-state index contributed by atoms with van der Waals surface area (Å²) in [5, 5.41) is 0. The normalized spacial score (nSPS) is 45.2. The topological polar surface area (TPSA) is 96.0 Å². The zero-order chi connectivity index (χ0) is 23.4. The molecule has 4 aliphatic rings. The Labute approximate surface area is 189 Å². The molecule has 4 rings (SSSR count). The predicted molar refractivity (Wildman–Crippen MR) is 114 cm³/mol. The number of ketones is 1. The third-order valence-electron chi connectivity index (χ3n) is 9.29. The lowest BCUT2D eigenvalue weighted by atomic mass is 9.44. The van der Waals surface area contributed by atoms with Gasteiger partial charge in [0.25, 0.3) is 0 Å². The van der Waals surface area contributed by atoms with E-state index in [2.05, 4.69) is 13.8 Å². The van der Waals surface area contributed by atoms with Crippen molar-refractivity contribution in [1.82, 2.24) is 0 Å². The summed E-state index contributed by atoms with van der Waals surface area (Å²) in [4.78, 5) is 48.3. The first kappa shape index (κ1) is 23.2. The van der Waals surface area contributed by atoms with Crippen LogP contribution in [0.1, 0.15) is 79.6 Å². The zero-order valence-corrected chi connectivity index (χ0v) is 19.8. The van der Waals surface area contributed by atoms with Crippen LogP contribution in [0.2, 0.25) is 0 Å². The van der Waals surface area contributed by atoms with Gasteiger partial charge in [-0.05, 0) is 49.4 Å². The van der Waals surface area contributed by atoms with Gasteiger partial charge in [-0.1, -0.05) is 13.8 Å². The maximum Gasteiger partial charge on any atom is 0.302 e. The van der Waals surface area contributed by atoms with Crippen molar-refractivity contribution >= 4 is 23.7 Å². The Kier molecular flexibility index (Phi) is 5.91. The van der Waals surface area contributed by atoms with E-state index in [0.717, 1.165) is 25.7 Å². The fourth-order valence-electron chi connectivity index (χ4n) is 8.05. The van der Waals surface area contributed by atoms with Gasteiger partial charge < -0.3 is 14.2 Å². The van der Waals surface area contributed by atoms with Crippen LogP contribution >= 0.6 is 0 Å². The Bertz CT molecular complexity index is 821. The fourth-order valence-corrected chi connectivity index (χ4v) is 8.05.